The monoisotopic (exact) mass is 264 g/mol. The number of hydrogen-bond donors (Lipinski definition) is 0. The zero-order valence-electron chi connectivity index (χ0n) is 12.4. The number of carbonyl (C=O) groups is 1. The molecule has 0 bridgehead atoms. The van der Waals surface area contributed by atoms with Gasteiger partial charge in [-0.15, -0.1) is 0 Å². The van der Waals surface area contributed by atoms with Crippen LogP contribution in [0.1, 0.15) is 77.6 Å². The van der Waals surface area contributed by atoms with Crippen molar-refractivity contribution in [2.24, 2.45) is 0 Å². The molecule has 108 valence electrons. The molecule has 1 aliphatic rings. The molecule has 0 aromatic carbocycles. The van der Waals surface area contributed by atoms with Crippen molar-refractivity contribution in [2.45, 2.75) is 83.6 Å². The number of unbranched alkanes of at least 4 members (excludes halogenated alkanes) is 5. The molecule has 1 aliphatic carbocycles. The quantitative estimate of drug-likeness (QED) is 0.466. The molecule has 0 unspecified atom stereocenters. The van der Waals surface area contributed by atoms with Crippen LogP contribution >= 0.6 is 0 Å². The lowest BCUT2D eigenvalue weighted by Crippen LogP contribution is -2.38. The fraction of sp³-hybridized carbons (Fsp3) is 0.875. The van der Waals surface area contributed by atoms with Crippen molar-refractivity contribution in [1.82, 2.24) is 4.90 Å². The van der Waals surface area contributed by atoms with E-state index in [0.29, 0.717) is 12.5 Å². The number of amides is 1. The van der Waals surface area contributed by atoms with Gasteiger partial charge >= 0.3 is 0 Å². The van der Waals surface area contributed by atoms with Gasteiger partial charge in [0, 0.05) is 12.5 Å². The predicted octanol–water partition coefficient (Wildman–Crippen LogP) is 4.03. The first-order valence-electron chi connectivity index (χ1n) is 7.96. The van der Waals surface area contributed by atoms with Gasteiger partial charge in [-0.1, -0.05) is 51.9 Å². The van der Waals surface area contributed by atoms with E-state index in [-0.39, 0.29) is 12.5 Å². The third kappa shape index (κ3) is 6.09. The van der Waals surface area contributed by atoms with Crippen molar-refractivity contribution < 1.29 is 4.79 Å². The Morgan fingerprint density at radius 1 is 1.16 bits per heavy atom. The molecule has 3 nitrogen and oxygen atoms in total. The van der Waals surface area contributed by atoms with Gasteiger partial charge in [-0.05, 0) is 19.3 Å². The van der Waals surface area contributed by atoms with Crippen LogP contribution in [0.3, 0.4) is 0 Å². The van der Waals surface area contributed by atoms with Gasteiger partial charge in [-0.2, -0.15) is 5.26 Å². The van der Waals surface area contributed by atoms with Crippen molar-refractivity contribution in [3.63, 3.8) is 0 Å². The number of nitriles is 1. The van der Waals surface area contributed by atoms with Gasteiger partial charge in [-0.3, -0.25) is 4.79 Å². The van der Waals surface area contributed by atoms with Crippen LogP contribution in [0, 0.1) is 11.3 Å². The maximum absolute atomic E-state index is 12.2. The van der Waals surface area contributed by atoms with Gasteiger partial charge in [0.25, 0.3) is 0 Å². The lowest BCUT2D eigenvalue weighted by atomic mass is 10.1. The molecule has 3 heteroatoms. The molecular formula is C16H28N2O. The number of hydrogen-bond acceptors (Lipinski definition) is 2. The van der Waals surface area contributed by atoms with Gasteiger partial charge < -0.3 is 4.90 Å². The Labute approximate surface area is 118 Å². The normalized spacial score (nSPS) is 15.4. The zero-order chi connectivity index (χ0) is 13.9. The highest BCUT2D eigenvalue weighted by atomic mass is 16.2. The van der Waals surface area contributed by atoms with E-state index in [1.165, 1.54) is 38.5 Å². The first kappa shape index (κ1) is 16.0. The molecular weight excluding hydrogens is 236 g/mol. The molecule has 0 aromatic heterocycles. The molecule has 0 radical (unpaired) electrons. The Balaban J connectivity index is 2.22. The first-order valence-corrected chi connectivity index (χ1v) is 7.96. The topological polar surface area (TPSA) is 44.1 Å². The van der Waals surface area contributed by atoms with Crippen molar-refractivity contribution in [3.05, 3.63) is 0 Å². The Morgan fingerprint density at radius 2 is 1.79 bits per heavy atom. The summed E-state index contributed by atoms with van der Waals surface area (Å²) in [5.41, 5.74) is 0. The van der Waals surface area contributed by atoms with Crippen molar-refractivity contribution in [2.75, 3.05) is 6.54 Å². The molecule has 0 spiro atoms. The lowest BCUT2D eigenvalue weighted by molar-refractivity contribution is -0.132. The van der Waals surface area contributed by atoms with Crippen molar-refractivity contribution >= 4 is 5.91 Å². The van der Waals surface area contributed by atoms with E-state index in [9.17, 15) is 4.79 Å². The minimum absolute atomic E-state index is 0.198. The average Bonchev–Trinajstić information content (AvgIpc) is 2.93. The highest BCUT2D eigenvalue weighted by molar-refractivity contribution is 5.76. The maximum atomic E-state index is 12.2. The standard InChI is InChI=1S/C16H28N2O/c1-2-3-4-5-6-7-12-16(19)18(14-13-17)15-10-8-9-11-15/h15H,2-12,14H2,1H3. The molecule has 19 heavy (non-hydrogen) atoms. The largest absolute Gasteiger partial charge is 0.326 e. The van der Waals surface area contributed by atoms with Crippen LogP contribution in [-0.4, -0.2) is 23.4 Å². The fourth-order valence-electron chi connectivity index (χ4n) is 2.91. The van der Waals surface area contributed by atoms with E-state index < -0.39 is 0 Å². The third-order valence-electron chi connectivity index (χ3n) is 4.07. The van der Waals surface area contributed by atoms with E-state index in [4.69, 9.17) is 5.26 Å². The molecule has 0 saturated heterocycles. The van der Waals surface area contributed by atoms with Gasteiger partial charge in [0.2, 0.25) is 5.91 Å². The van der Waals surface area contributed by atoms with Gasteiger partial charge in [0.1, 0.15) is 6.54 Å². The van der Waals surface area contributed by atoms with Crippen LogP contribution in [0.5, 0.6) is 0 Å². The molecule has 0 atom stereocenters. The van der Waals surface area contributed by atoms with E-state index >= 15 is 0 Å². The molecule has 0 aliphatic heterocycles. The van der Waals surface area contributed by atoms with Crippen LogP contribution in [0.15, 0.2) is 0 Å². The number of rotatable bonds is 9. The Morgan fingerprint density at radius 3 is 2.42 bits per heavy atom. The molecule has 1 fully saturated rings. The molecule has 1 rings (SSSR count). The summed E-state index contributed by atoms with van der Waals surface area (Å²) in [5.74, 6) is 0.198. The molecule has 0 aromatic rings. The number of nitrogens with zero attached hydrogens (tertiary/aromatic N) is 2. The maximum Gasteiger partial charge on any atom is 0.223 e. The van der Waals surface area contributed by atoms with Gasteiger partial charge in [0.05, 0.1) is 6.07 Å². The smallest absolute Gasteiger partial charge is 0.223 e. The summed E-state index contributed by atoms with van der Waals surface area (Å²) < 4.78 is 0. The van der Waals surface area contributed by atoms with Gasteiger partial charge in [-0.25, -0.2) is 0 Å². The summed E-state index contributed by atoms with van der Waals surface area (Å²) in [6.07, 6.45) is 12.4. The molecule has 1 saturated carbocycles. The molecule has 0 heterocycles. The van der Waals surface area contributed by atoms with Crippen LogP contribution < -0.4 is 0 Å². The second-order valence-corrected chi connectivity index (χ2v) is 5.64. The Hall–Kier alpha value is -1.04. The lowest BCUT2D eigenvalue weighted by Gasteiger charge is -2.26. The molecule has 0 N–H and O–H groups in total. The van der Waals surface area contributed by atoms with Crippen LogP contribution in [-0.2, 0) is 4.79 Å². The summed E-state index contributed by atoms with van der Waals surface area (Å²) in [4.78, 5) is 14.0. The summed E-state index contributed by atoms with van der Waals surface area (Å²) >= 11 is 0. The fourth-order valence-corrected chi connectivity index (χ4v) is 2.91. The minimum atomic E-state index is 0.198. The average molecular weight is 264 g/mol. The third-order valence-corrected chi connectivity index (χ3v) is 4.07. The Kier molecular flexibility index (Phi) is 8.29. The summed E-state index contributed by atoms with van der Waals surface area (Å²) in [5, 5.41) is 8.87. The van der Waals surface area contributed by atoms with Crippen LogP contribution in [0.25, 0.3) is 0 Å². The first-order chi connectivity index (χ1) is 9.29. The zero-order valence-corrected chi connectivity index (χ0v) is 12.4. The van der Waals surface area contributed by atoms with E-state index in [0.717, 1.165) is 25.7 Å². The highest BCUT2D eigenvalue weighted by Crippen LogP contribution is 2.24. The van der Waals surface area contributed by atoms with E-state index in [2.05, 4.69) is 13.0 Å². The Bertz CT molecular complexity index is 290. The summed E-state index contributed by atoms with van der Waals surface area (Å²) in [7, 11) is 0. The summed E-state index contributed by atoms with van der Waals surface area (Å²) in [6, 6.07) is 2.49. The van der Waals surface area contributed by atoms with Crippen molar-refractivity contribution in [1.29, 1.82) is 5.26 Å². The van der Waals surface area contributed by atoms with E-state index in [1.54, 1.807) is 0 Å². The van der Waals surface area contributed by atoms with Gasteiger partial charge in [0.15, 0.2) is 0 Å². The van der Waals surface area contributed by atoms with E-state index in [1.807, 2.05) is 4.90 Å². The second-order valence-electron chi connectivity index (χ2n) is 5.64. The number of carbonyl (C=O) groups excluding carboxylic acids is 1. The predicted molar refractivity (Wildman–Crippen MR) is 77.6 cm³/mol. The SMILES string of the molecule is CCCCCCCCC(=O)N(CC#N)C1CCCC1. The summed E-state index contributed by atoms with van der Waals surface area (Å²) in [6.45, 7) is 2.49. The minimum Gasteiger partial charge on any atom is -0.326 e. The second kappa shape index (κ2) is 9.83. The van der Waals surface area contributed by atoms with Crippen LogP contribution in [0.2, 0.25) is 0 Å². The highest BCUT2D eigenvalue weighted by Gasteiger charge is 2.25. The van der Waals surface area contributed by atoms with Crippen LogP contribution in [0.4, 0.5) is 0 Å². The van der Waals surface area contributed by atoms with Crippen molar-refractivity contribution in [3.8, 4) is 6.07 Å². The molecule has 1 amide bonds.